The number of hydrogen-bond donors (Lipinski definition) is 1. The van der Waals surface area contributed by atoms with Gasteiger partial charge in [-0.3, -0.25) is 4.84 Å². The molecule has 3 nitrogen and oxygen atoms in total. The number of para-hydroxylation sites is 1. The number of benzene rings is 1. The van der Waals surface area contributed by atoms with Crippen LogP contribution in [0.4, 0.5) is 0 Å². The van der Waals surface area contributed by atoms with Crippen LogP contribution in [0.25, 0.3) is 0 Å². The van der Waals surface area contributed by atoms with Crippen LogP contribution in [-0.4, -0.2) is 20.3 Å². The van der Waals surface area contributed by atoms with Gasteiger partial charge < -0.3 is 4.74 Å². The van der Waals surface area contributed by atoms with E-state index in [0.717, 1.165) is 5.75 Å². The maximum absolute atomic E-state index is 5.34. The fourth-order valence-corrected chi connectivity index (χ4v) is 0.820. The summed E-state index contributed by atoms with van der Waals surface area (Å²) >= 11 is 0. The molecule has 0 saturated heterocycles. The van der Waals surface area contributed by atoms with Gasteiger partial charge in [0.05, 0.1) is 0 Å². The van der Waals surface area contributed by atoms with Gasteiger partial charge in [-0.2, -0.15) is 0 Å². The molecule has 0 unspecified atom stereocenters. The predicted octanol–water partition coefficient (Wildman–Crippen LogP) is 1.22. The van der Waals surface area contributed by atoms with E-state index in [-0.39, 0.29) is 0 Å². The molecular weight excluding hydrogens is 154 g/mol. The number of nitrogens with one attached hydrogen (secondary N) is 1. The van der Waals surface area contributed by atoms with Crippen molar-refractivity contribution in [2.24, 2.45) is 0 Å². The lowest BCUT2D eigenvalue weighted by molar-refractivity contribution is 0.0367. The van der Waals surface area contributed by atoms with Gasteiger partial charge in [0.2, 0.25) is 0 Å². The van der Waals surface area contributed by atoms with Crippen molar-refractivity contribution in [2.45, 2.75) is 0 Å². The summed E-state index contributed by atoms with van der Waals surface area (Å²) in [6.07, 6.45) is 0. The second-order valence-electron chi connectivity index (χ2n) is 2.21. The summed E-state index contributed by atoms with van der Waals surface area (Å²) in [6.45, 7) is 1.11. The van der Waals surface area contributed by atoms with Crippen LogP contribution in [0.1, 0.15) is 0 Å². The lowest BCUT2D eigenvalue weighted by Crippen LogP contribution is -2.14. The van der Waals surface area contributed by atoms with E-state index in [1.165, 1.54) is 0 Å². The Morgan fingerprint density at radius 2 is 1.92 bits per heavy atom. The van der Waals surface area contributed by atoms with Crippen molar-refractivity contribution in [3.63, 3.8) is 0 Å². The minimum atomic E-state index is 0.547. The van der Waals surface area contributed by atoms with Crippen LogP contribution >= 0.6 is 0 Å². The molecule has 0 bridgehead atoms. The van der Waals surface area contributed by atoms with E-state index >= 15 is 0 Å². The first kappa shape index (κ1) is 9.03. The third-order valence-electron chi connectivity index (χ3n) is 1.34. The highest BCUT2D eigenvalue weighted by atomic mass is 16.7. The van der Waals surface area contributed by atoms with Crippen LogP contribution in [0.15, 0.2) is 30.3 Å². The Labute approximate surface area is 72.3 Å². The van der Waals surface area contributed by atoms with E-state index in [1.807, 2.05) is 30.3 Å². The molecule has 0 aliphatic heterocycles. The van der Waals surface area contributed by atoms with Gasteiger partial charge in [-0.15, -0.1) is 0 Å². The molecule has 0 aliphatic rings. The topological polar surface area (TPSA) is 30.5 Å². The second kappa shape index (κ2) is 5.57. The number of ether oxygens (including phenoxy) is 1. The van der Waals surface area contributed by atoms with Crippen molar-refractivity contribution in [1.82, 2.24) is 5.48 Å². The van der Waals surface area contributed by atoms with E-state index in [1.54, 1.807) is 7.05 Å². The van der Waals surface area contributed by atoms with Gasteiger partial charge in [-0.1, -0.05) is 18.2 Å². The van der Waals surface area contributed by atoms with Crippen LogP contribution < -0.4 is 10.2 Å². The van der Waals surface area contributed by atoms with E-state index in [4.69, 9.17) is 9.57 Å². The number of hydroxylamine groups is 1. The third kappa shape index (κ3) is 3.37. The Morgan fingerprint density at radius 3 is 2.58 bits per heavy atom. The zero-order chi connectivity index (χ0) is 8.65. The van der Waals surface area contributed by atoms with Gasteiger partial charge >= 0.3 is 0 Å². The van der Waals surface area contributed by atoms with Crippen molar-refractivity contribution in [1.29, 1.82) is 0 Å². The lowest BCUT2D eigenvalue weighted by atomic mass is 10.3. The molecule has 0 atom stereocenters. The zero-order valence-corrected chi connectivity index (χ0v) is 7.12. The molecule has 0 amide bonds. The van der Waals surface area contributed by atoms with Crippen molar-refractivity contribution < 1.29 is 9.57 Å². The molecule has 0 aliphatic carbocycles. The molecule has 0 radical (unpaired) electrons. The van der Waals surface area contributed by atoms with Crippen molar-refractivity contribution in [3.05, 3.63) is 30.3 Å². The Kier molecular flexibility index (Phi) is 4.19. The summed E-state index contributed by atoms with van der Waals surface area (Å²) in [7, 11) is 1.72. The van der Waals surface area contributed by atoms with Gasteiger partial charge in [0.15, 0.2) is 0 Å². The summed E-state index contributed by atoms with van der Waals surface area (Å²) in [6, 6.07) is 9.66. The largest absolute Gasteiger partial charge is 0.491 e. The smallest absolute Gasteiger partial charge is 0.119 e. The summed E-state index contributed by atoms with van der Waals surface area (Å²) in [5.41, 5.74) is 2.57. The van der Waals surface area contributed by atoms with Crippen LogP contribution in [0.5, 0.6) is 5.75 Å². The molecule has 3 heteroatoms. The molecule has 1 aromatic carbocycles. The van der Waals surface area contributed by atoms with Crippen LogP contribution in [0.2, 0.25) is 0 Å². The van der Waals surface area contributed by atoms with E-state index < -0.39 is 0 Å². The first-order valence-electron chi connectivity index (χ1n) is 3.90. The number of hydrogen-bond acceptors (Lipinski definition) is 3. The Morgan fingerprint density at radius 1 is 1.17 bits per heavy atom. The Bertz CT molecular complexity index is 201. The van der Waals surface area contributed by atoms with Crippen LogP contribution in [-0.2, 0) is 4.84 Å². The molecule has 0 heterocycles. The Balaban J connectivity index is 2.16. The van der Waals surface area contributed by atoms with Gasteiger partial charge in [-0.25, -0.2) is 5.48 Å². The molecule has 0 saturated carbocycles. The highest BCUT2D eigenvalue weighted by Gasteiger charge is 1.89. The van der Waals surface area contributed by atoms with Gasteiger partial charge in [-0.05, 0) is 12.1 Å². The predicted molar refractivity (Wildman–Crippen MR) is 46.9 cm³/mol. The standard InChI is InChI=1S/C9H13NO2/c1-10-12-8-7-11-9-5-3-2-4-6-9/h2-6,10H,7-8H2,1H3. The molecular formula is C9H13NO2. The minimum Gasteiger partial charge on any atom is -0.491 e. The van der Waals surface area contributed by atoms with Crippen molar-refractivity contribution in [3.8, 4) is 5.75 Å². The summed E-state index contributed by atoms with van der Waals surface area (Å²) in [5, 5.41) is 0. The maximum atomic E-state index is 5.34. The highest BCUT2D eigenvalue weighted by Crippen LogP contribution is 2.07. The normalized spacial score (nSPS) is 9.75. The monoisotopic (exact) mass is 167 g/mol. The van der Waals surface area contributed by atoms with Crippen LogP contribution in [0, 0.1) is 0 Å². The van der Waals surface area contributed by atoms with Gasteiger partial charge in [0.1, 0.15) is 19.0 Å². The zero-order valence-electron chi connectivity index (χ0n) is 7.12. The fourth-order valence-electron chi connectivity index (χ4n) is 0.820. The summed E-state index contributed by atoms with van der Waals surface area (Å²) in [5.74, 6) is 0.872. The minimum absolute atomic E-state index is 0.547. The van der Waals surface area contributed by atoms with Crippen molar-refractivity contribution in [2.75, 3.05) is 20.3 Å². The number of rotatable bonds is 5. The quantitative estimate of drug-likeness (QED) is 0.528. The van der Waals surface area contributed by atoms with Crippen LogP contribution in [0.3, 0.4) is 0 Å². The Hall–Kier alpha value is -1.06. The molecule has 1 aromatic rings. The molecule has 1 rings (SSSR count). The van der Waals surface area contributed by atoms with Crippen molar-refractivity contribution >= 4 is 0 Å². The van der Waals surface area contributed by atoms with E-state index in [0.29, 0.717) is 13.2 Å². The van der Waals surface area contributed by atoms with Gasteiger partial charge in [0, 0.05) is 7.05 Å². The average Bonchev–Trinajstić information content (AvgIpc) is 2.14. The molecule has 0 aromatic heterocycles. The molecule has 0 spiro atoms. The highest BCUT2D eigenvalue weighted by molar-refractivity contribution is 5.20. The molecule has 0 fully saturated rings. The third-order valence-corrected chi connectivity index (χ3v) is 1.34. The summed E-state index contributed by atoms with van der Waals surface area (Å²) < 4.78 is 5.34. The lowest BCUT2D eigenvalue weighted by Gasteiger charge is -2.04. The van der Waals surface area contributed by atoms with E-state index in [9.17, 15) is 0 Å². The second-order valence-corrected chi connectivity index (χ2v) is 2.21. The van der Waals surface area contributed by atoms with E-state index in [2.05, 4.69) is 5.48 Å². The van der Waals surface area contributed by atoms with Gasteiger partial charge in [0.25, 0.3) is 0 Å². The SMILES string of the molecule is CNOCCOc1ccccc1. The molecule has 12 heavy (non-hydrogen) atoms. The summed E-state index contributed by atoms with van der Waals surface area (Å²) in [4.78, 5) is 4.88. The molecule has 66 valence electrons. The first-order valence-corrected chi connectivity index (χ1v) is 3.90. The first-order chi connectivity index (χ1) is 5.93. The average molecular weight is 167 g/mol. The maximum Gasteiger partial charge on any atom is 0.119 e. The molecule has 1 N–H and O–H groups in total. The fraction of sp³-hybridized carbons (Fsp3) is 0.333.